The molecule has 0 radical (unpaired) electrons. The molecule has 4 rings (SSSR count). The van der Waals surface area contributed by atoms with Gasteiger partial charge in [-0.3, -0.25) is 4.79 Å². The summed E-state index contributed by atoms with van der Waals surface area (Å²) in [6, 6.07) is 0. The van der Waals surface area contributed by atoms with Crippen LogP contribution in [-0.4, -0.2) is 23.3 Å². The van der Waals surface area contributed by atoms with E-state index < -0.39 is 0 Å². The van der Waals surface area contributed by atoms with Gasteiger partial charge in [-0.15, -0.1) is 0 Å². The maximum atomic E-state index is 11.8. The molecule has 0 aromatic carbocycles. The van der Waals surface area contributed by atoms with Gasteiger partial charge in [0.1, 0.15) is 6.29 Å². The van der Waals surface area contributed by atoms with Crippen LogP contribution in [0, 0.1) is 34.5 Å². The highest BCUT2D eigenvalue weighted by atomic mass is 16.3. The minimum Gasteiger partial charge on any atom is -0.393 e. The van der Waals surface area contributed by atoms with Gasteiger partial charge in [-0.2, -0.15) is 0 Å². The smallest absolute Gasteiger partial charge is 0.155 e. The average Bonchev–Trinajstić information content (AvgIpc) is 2.83. The summed E-state index contributed by atoms with van der Waals surface area (Å²) in [6.07, 6.45) is 9.11. The predicted octanol–water partition coefficient (Wildman–Crippen LogP) is 3.30. The van der Waals surface area contributed by atoms with E-state index in [1.165, 1.54) is 5.57 Å². The Morgan fingerprint density at radius 3 is 2.74 bits per heavy atom. The molecule has 7 atom stereocenters. The van der Waals surface area contributed by atoms with Crippen molar-refractivity contribution in [3.8, 4) is 0 Å². The lowest BCUT2D eigenvalue weighted by molar-refractivity contribution is -0.138. The summed E-state index contributed by atoms with van der Waals surface area (Å²) in [4.78, 5) is 23.4. The standard InChI is InChI=1S/C20H28O3/c1-19-8-7-14(22)9-12(19)3-5-15-16-6-4-13(11-21)20(16,2)10-17(23)18(15)19/h9,11,13,15-18,23H,3-8,10H2,1-2H3. The third-order valence-electron chi connectivity index (χ3n) is 8.13. The summed E-state index contributed by atoms with van der Waals surface area (Å²) in [5.41, 5.74) is 1.24. The number of ketones is 1. The predicted molar refractivity (Wildman–Crippen MR) is 87.7 cm³/mol. The quantitative estimate of drug-likeness (QED) is 0.755. The average molecular weight is 316 g/mol. The monoisotopic (exact) mass is 316 g/mol. The summed E-state index contributed by atoms with van der Waals surface area (Å²) in [6.45, 7) is 4.52. The Labute approximate surface area is 138 Å². The summed E-state index contributed by atoms with van der Waals surface area (Å²) in [5, 5.41) is 11.1. The molecule has 0 spiro atoms. The maximum Gasteiger partial charge on any atom is 0.155 e. The number of carbonyl (C=O) groups is 2. The molecule has 7 unspecified atom stereocenters. The first-order valence-corrected chi connectivity index (χ1v) is 9.27. The van der Waals surface area contributed by atoms with Gasteiger partial charge in [-0.05, 0) is 73.2 Å². The van der Waals surface area contributed by atoms with Gasteiger partial charge in [0.2, 0.25) is 0 Å². The molecule has 0 aliphatic heterocycles. The summed E-state index contributed by atoms with van der Waals surface area (Å²) < 4.78 is 0. The Balaban J connectivity index is 1.73. The molecule has 3 nitrogen and oxygen atoms in total. The molecule has 0 bridgehead atoms. The number of rotatable bonds is 1. The van der Waals surface area contributed by atoms with Crippen LogP contribution in [0.1, 0.15) is 58.8 Å². The Morgan fingerprint density at radius 1 is 1.22 bits per heavy atom. The van der Waals surface area contributed by atoms with Gasteiger partial charge in [0, 0.05) is 12.3 Å². The first kappa shape index (κ1) is 15.6. The van der Waals surface area contributed by atoms with E-state index in [4.69, 9.17) is 0 Å². The normalized spacial score (nSPS) is 52.2. The zero-order chi connectivity index (χ0) is 16.4. The number of fused-ring (bicyclic) bond motifs is 5. The van der Waals surface area contributed by atoms with E-state index in [1.54, 1.807) is 0 Å². The summed E-state index contributed by atoms with van der Waals surface area (Å²) in [7, 11) is 0. The lowest BCUT2D eigenvalue weighted by Crippen LogP contribution is -2.56. The number of hydrogen-bond donors (Lipinski definition) is 1. The third-order valence-corrected chi connectivity index (χ3v) is 8.13. The fourth-order valence-corrected chi connectivity index (χ4v) is 6.95. The van der Waals surface area contributed by atoms with Crippen LogP contribution in [-0.2, 0) is 9.59 Å². The Bertz CT molecular complexity index is 579. The van der Waals surface area contributed by atoms with Crippen molar-refractivity contribution in [3.05, 3.63) is 11.6 Å². The van der Waals surface area contributed by atoms with Crippen LogP contribution >= 0.6 is 0 Å². The number of hydrogen-bond acceptors (Lipinski definition) is 3. The molecule has 4 aliphatic carbocycles. The van der Waals surface area contributed by atoms with E-state index in [2.05, 4.69) is 13.8 Å². The lowest BCUT2D eigenvalue weighted by atomic mass is 9.46. The van der Waals surface area contributed by atoms with Gasteiger partial charge in [-0.1, -0.05) is 19.4 Å². The Morgan fingerprint density at radius 2 is 2.00 bits per heavy atom. The van der Waals surface area contributed by atoms with Crippen molar-refractivity contribution in [2.24, 2.45) is 34.5 Å². The molecule has 0 aromatic rings. The van der Waals surface area contributed by atoms with Crippen molar-refractivity contribution in [2.75, 3.05) is 0 Å². The van der Waals surface area contributed by atoms with Crippen LogP contribution in [0.5, 0.6) is 0 Å². The van der Waals surface area contributed by atoms with Crippen LogP contribution in [0.3, 0.4) is 0 Å². The van der Waals surface area contributed by atoms with Crippen molar-refractivity contribution in [1.82, 2.24) is 0 Å². The Hall–Kier alpha value is -0.960. The molecule has 3 fully saturated rings. The number of carbonyl (C=O) groups excluding carboxylic acids is 2. The van der Waals surface area contributed by atoms with Crippen LogP contribution < -0.4 is 0 Å². The molecule has 1 N–H and O–H groups in total. The highest BCUT2D eigenvalue weighted by Gasteiger charge is 2.61. The van der Waals surface area contributed by atoms with Crippen molar-refractivity contribution in [1.29, 1.82) is 0 Å². The Kier molecular flexibility index (Phi) is 3.39. The van der Waals surface area contributed by atoms with E-state index in [0.717, 1.165) is 44.8 Å². The summed E-state index contributed by atoms with van der Waals surface area (Å²) in [5.74, 6) is 1.69. The third kappa shape index (κ3) is 1.98. The minimum atomic E-state index is -0.344. The zero-order valence-corrected chi connectivity index (χ0v) is 14.3. The van der Waals surface area contributed by atoms with Crippen molar-refractivity contribution < 1.29 is 14.7 Å². The van der Waals surface area contributed by atoms with E-state index in [1.807, 2.05) is 6.08 Å². The first-order valence-electron chi connectivity index (χ1n) is 9.27. The second-order valence-corrected chi connectivity index (χ2v) is 8.99. The lowest BCUT2D eigenvalue weighted by Gasteiger charge is -2.59. The molecule has 3 saturated carbocycles. The van der Waals surface area contributed by atoms with E-state index >= 15 is 0 Å². The molecule has 23 heavy (non-hydrogen) atoms. The summed E-state index contributed by atoms with van der Waals surface area (Å²) >= 11 is 0. The van der Waals surface area contributed by atoms with Crippen molar-refractivity contribution >= 4 is 12.1 Å². The van der Waals surface area contributed by atoms with E-state index in [-0.39, 0.29) is 34.6 Å². The highest BCUT2D eigenvalue weighted by molar-refractivity contribution is 5.91. The van der Waals surface area contributed by atoms with Gasteiger partial charge in [0.15, 0.2) is 5.78 Å². The SMILES string of the molecule is CC12CCC(=O)C=C1CCC1C2C(O)CC2(C)C(C=O)CCC12. The van der Waals surface area contributed by atoms with Crippen LogP contribution in [0.4, 0.5) is 0 Å². The van der Waals surface area contributed by atoms with Crippen molar-refractivity contribution in [2.45, 2.75) is 64.9 Å². The molecule has 0 heterocycles. The molecule has 126 valence electrons. The number of aldehydes is 1. The fourth-order valence-electron chi connectivity index (χ4n) is 6.95. The zero-order valence-electron chi connectivity index (χ0n) is 14.3. The second kappa shape index (κ2) is 5.02. The maximum absolute atomic E-state index is 11.8. The highest BCUT2D eigenvalue weighted by Crippen LogP contribution is 2.66. The number of aliphatic hydroxyl groups excluding tert-OH is 1. The second-order valence-electron chi connectivity index (χ2n) is 8.99. The first-order chi connectivity index (χ1) is 10.9. The molecule has 0 amide bonds. The van der Waals surface area contributed by atoms with Gasteiger partial charge < -0.3 is 9.90 Å². The van der Waals surface area contributed by atoms with Crippen LogP contribution in [0.15, 0.2) is 11.6 Å². The fraction of sp³-hybridized carbons (Fsp3) is 0.800. The topological polar surface area (TPSA) is 54.4 Å². The van der Waals surface area contributed by atoms with Crippen molar-refractivity contribution in [3.63, 3.8) is 0 Å². The van der Waals surface area contributed by atoms with Crippen LogP contribution in [0.25, 0.3) is 0 Å². The van der Waals surface area contributed by atoms with E-state index in [0.29, 0.717) is 18.3 Å². The van der Waals surface area contributed by atoms with Crippen LogP contribution in [0.2, 0.25) is 0 Å². The van der Waals surface area contributed by atoms with Gasteiger partial charge in [0.05, 0.1) is 6.10 Å². The largest absolute Gasteiger partial charge is 0.393 e. The molecule has 0 saturated heterocycles. The van der Waals surface area contributed by atoms with Gasteiger partial charge in [-0.25, -0.2) is 0 Å². The molecule has 3 heteroatoms. The van der Waals surface area contributed by atoms with E-state index in [9.17, 15) is 14.7 Å². The molecular formula is C20H28O3. The number of aliphatic hydroxyl groups is 1. The van der Waals surface area contributed by atoms with Gasteiger partial charge in [0.25, 0.3) is 0 Å². The molecule has 4 aliphatic rings. The molecular weight excluding hydrogens is 288 g/mol. The molecule has 0 aromatic heterocycles. The number of allylic oxidation sites excluding steroid dienone is 1. The van der Waals surface area contributed by atoms with Gasteiger partial charge >= 0.3 is 0 Å². The minimum absolute atomic E-state index is 0.0170.